The van der Waals surface area contributed by atoms with Crippen molar-refractivity contribution in [2.45, 2.75) is 50.1 Å². The molecule has 33 heavy (non-hydrogen) atoms. The average molecular weight is 470 g/mol. The number of carbonyl (C=O) groups excluding carboxylic acids is 1. The quantitative estimate of drug-likeness (QED) is 0.539. The standard InChI is InChI=1S/C25H31N3O4S/c1-3-23(25(29)26-18-19-8-7-9-21(16-19)32-2)28-15-12-20-17-22(10-11-24(20)28)33(30,31)27-13-5-4-6-14-27/h7-12,15-17,23H,3-6,13-14,18H2,1-2H3,(H,26,29)/t23-/m1/s1. The van der Waals surface area contributed by atoms with Gasteiger partial charge in [-0.15, -0.1) is 0 Å². The van der Waals surface area contributed by atoms with Gasteiger partial charge in [-0.2, -0.15) is 4.31 Å². The molecule has 2 heterocycles. The Morgan fingerprint density at radius 2 is 1.88 bits per heavy atom. The van der Waals surface area contributed by atoms with Gasteiger partial charge in [0.15, 0.2) is 0 Å². The van der Waals surface area contributed by atoms with E-state index in [0.717, 1.165) is 41.5 Å². The van der Waals surface area contributed by atoms with Crippen molar-refractivity contribution >= 4 is 26.8 Å². The number of benzene rings is 2. The summed E-state index contributed by atoms with van der Waals surface area (Å²) in [5.74, 6) is 0.670. The number of methoxy groups -OCH3 is 1. The molecule has 2 aromatic carbocycles. The zero-order valence-electron chi connectivity index (χ0n) is 19.2. The molecule has 0 aliphatic carbocycles. The zero-order valence-corrected chi connectivity index (χ0v) is 20.0. The number of rotatable bonds is 8. The van der Waals surface area contributed by atoms with Gasteiger partial charge < -0.3 is 14.6 Å². The van der Waals surface area contributed by atoms with Gasteiger partial charge in [-0.25, -0.2) is 8.42 Å². The van der Waals surface area contributed by atoms with E-state index in [2.05, 4.69) is 5.32 Å². The molecule has 7 nitrogen and oxygen atoms in total. The number of hydrogen-bond donors (Lipinski definition) is 1. The highest BCUT2D eigenvalue weighted by Crippen LogP contribution is 2.27. The molecule has 0 spiro atoms. The molecular formula is C25H31N3O4S. The van der Waals surface area contributed by atoms with E-state index >= 15 is 0 Å². The predicted octanol–water partition coefficient (Wildman–Crippen LogP) is 4.09. The van der Waals surface area contributed by atoms with Crippen LogP contribution < -0.4 is 10.1 Å². The Morgan fingerprint density at radius 1 is 1.09 bits per heavy atom. The van der Waals surface area contributed by atoms with Gasteiger partial charge >= 0.3 is 0 Å². The largest absolute Gasteiger partial charge is 0.497 e. The van der Waals surface area contributed by atoms with Crippen LogP contribution in [0.25, 0.3) is 10.9 Å². The minimum atomic E-state index is -3.50. The van der Waals surface area contributed by atoms with E-state index in [4.69, 9.17) is 4.74 Å². The number of piperidine rings is 1. The number of aromatic nitrogens is 1. The summed E-state index contributed by atoms with van der Waals surface area (Å²) in [6.07, 6.45) is 5.36. The number of hydrogen-bond acceptors (Lipinski definition) is 4. The van der Waals surface area contributed by atoms with Crippen molar-refractivity contribution in [3.05, 3.63) is 60.3 Å². The van der Waals surface area contributed by atoms with Crippen molar-refractivity contribution in [3.8, 4) is 5.75 Å². The van der Waals surface area contributed by atoms with Crippen molar-refractivity contribution in [1.29, 1.82) is 0 Å². The molecule has 0 unspecified atom stereocenters. The van der Waals surface area contributed by atoms with Gasteiger partial charge in [0.1, 0.15) is 11.8 Å². The normalized spacial score (nSPS) is 15.9. The molecule has 1 atom stereocenters. The van der Waals surface area contributed by atoms with E-state index in [9.17, 15) is 13.2 Å². The van der Waals surface area contributed by atoms with Crippen LogP contribution in [0, 0.1) is 0 Å². The minimum Gasteiger partial charge on any atom is -0.497 e. The molecule has 1 N–H and O–H groups in total. The van der Waals surface area contributed by atoms with Crippen LogP contribution in [0.3, 0.4) is 0 Å². The second-order valence-corrected chi connectivity index (χ2v) is 10.3. The lowest BCUT2D eigenvalue weighted by molar-refractivity contribution is -0.124. The zero-order chi connectivity index (χ0) is 23.4. The monoisotopic (exact) mass is 469 g/mol. The summed E-state index contributed by atoms with van der Waals surface area (Å²) in [6, 6.07) is 14.3. The smallest absolute Gasteiger partial charge is 0.243 e. The third kappa shape index (κ3) is 4.91. The Labute approximate surface area is 195 Å². The van der Waals surface area contributed by atoms with Gasteiger partial charge in [-0.3, -0.25) is 4.79 Å². The van der Waals surface area contributed by atoms with Crippen molar-refractivity contribution in [3.63, 3.8) is 0 Å². The van der Waals surface area contributed by atoms with Crippen LogP contribution in [0.5, 0.6) is 5.75 Å². The Morgan fingerprint density at radius 3 is 2.61 bits per heavy atom. The van der Waals surface area contributed by atoms with Crippen molar-refractivity contribution in [1.82, 2.24) is 14.2 Å². The molecule has 0 bridgehead atoms. The van der Waals surface area contributed by atoms with E-state index < -0.39 is 16.1 Å². The molecule has 1 aliphatic heterocycles. The number of sulfonamides is 1. The summed E-state index contributed by atoms with van der Waals surface area (Å²) in [6.45, 7) is 3.53. The number of nitrogens with zero attached hydrogens (tertiary/aromatic N) is 2. The maximum absolute atomic E-state index is 13.0. The Hall–Kier alpha value is -2.84. The van der Waals surface area contributed by atoms with E-state index in [0.29, 0.717) is 31.0 Å². The van der Waals surface area contributed by atoms with Crippen molar-refractivity contribution < 1.29 is 17.9 Å². The van der Waals surface area contributed by atoms with Crippen LogP contribution in [-0.2, 0) is 21.4 Å². The Balaban J connectivity index is 1.53. The first kappa shape index (κ1) is 23.3. The fraction of sp³-hybridized carbons (Fsp3) is 0.400. The highest BCUT2D eigenvalue weighted by Gasteiger charge is 2.27. The van der Waals surface area contributed by atoms with Crippen LogP contribution in [0.2, 0.25) is 0 Å². The first-order chi connectivity index (χ1) is 15.9. The molecule has 1 amide bonds. The van der Waals surface area contributed by atoms with Crippen molar-refractivity contribution in [2.24, 2.45) is 0 Å². The molecule has 0 radical (unpaired) electrons. The highest BCUT2D eigenvalue weighted by atomic mass is 32.2. The summed E-state index contributed by atoms with van der Waals surface area (Å²) >= 11 is 0. The molecule has 4 rings (SSSR count). The van der Waals surface area contributed by atoms with Gasteiger partial charge in [0.2, 0.25) is 15.9 Å². The lowest BCUT2D eigenvalue weighted by Crippen LogP contribution is -2.35. The Bertz CT molecular complexity index is 1230. The van der Waals surface area contributed by atoms with E-state index in [1.807, 2.05) is 54.1 Å². The van der Waals surface area contributed by atoms with E-state index in [1.165, 1.54) is 0 Å². The minimum absolute atomic E-state index is 0.0807. The number of amides is 1. The molecule has 1 fully saturated rings. The SMILES string of the molecule is CC[C@H](C(=O)NCc1cccc(OC)c1)n1ccc2cc(S(=O)(=O)N3CCCCC3)ccc21. The number of carbonyl (C=O) groups is 1. The third-order valence-corrected chi connectivity index (χ3v) is 8.17. The summed E-state index contributed by atoms with van der Waals surface area (Å²) < 4.78 is 34.8. The fourth-order valence-corrected chi connectivity index (χ4v) is 5.98. The molecule has 8 heteroatoms. The summed E-state index contributed by atoms with van der Waals surface area (Å²) in [5.41, 5.74) is 1.80. The first-order valence-corrected chi connectivity index (χ1v) is 12.9. The maximum Gasteiger partial charge on any atom is 0.243 e. The molecule has 3 aromatic rings. The fourth-order valence-electron chi connectivity index (χ4n) is 4.43. The van der Waals surface area contributed by atoms with Crippen LogP contribution >= 0.6 is 0 Å². The molecule has 176 valence electrons. The number of fused-ring (bicyclic) bond motifs is 1. The van der Waals surface area contributed by atoms with Crippen LogP contribution in [0.4, 0.5) is 0 Å². The van der Waals surface area contributed by atoms with Gasteiger partial charge in [0.05, 0.1) is 12.0 Å². The maximum atomic E-state index is 13.0. The average Bonchev–Trinajstić information content (AvgIpc) is 3.27. The highest BCUT2D eigenvalue weighted by molar-refractivity contribution is 7.89. The van der Waals surface area contributed by atoms with Crippen LogP contribution in [0.1, 0.15) is 44.2 Å². The summed E-state index contributed by atoms with van der Waals surface area (Å²) in [4.78, 5) is 13.3. The molecule has 1 aromatic heterocycles. The lowest BCUT2D eigenvalue weighted by Gasteiger charge is -2.26. The Kier molecular flexibility index (Phi) is 7.05. The third-order valence-electron chi connectivity index (χ3n) is 6.27. The number of ether oxygens (including phenoxy) is 1. The van der Waals surface area contributed by atoms with E-state index in [-0.39, 0.29) is 5.91 Å². The topological polar surface area (TPSA) is 80.6 Å². The molecule has 1 aliphatic rings. The van der Waals surface area contributed by atoms with E-state index in [1.54, 1.807) is 23.5 Å². The second-order valence-electron chi connectivity index (χ2n) is 8.40. The molecular weight excluding hydrogens is 438 g/mol. The predicted molar refractivity (Wildman–Crippen MR) is 129 cm³/mol. The van der Waals surface area contributed by atoms with Crippen LogP contribution in [0.15, 0.2) is 59.6 Å². The second kappa shape index (κ2) is 9.97. The van der Waals surface area contributed by atoms with Gasteiger partial charge in [-0.1, -0.05) is 25.5 Å². The lowest BCUT2D eigenvalue weighted by atomic mass is 10.1. The number of nitrogens with one attached hydrogen (secondary N) is 1. The summed E-state index contributed by atoms with van der Waals surface area (Å²) in [7, 11) is -1.88. The summed E-state index contributed by atoms with van der Waals surface area (Å²) in [5, 5.41) is 3.83. The van der Waals surface area contributed by atoms with Crippen LogP contribution in [-0.4, -0.2) is 43.4 Å². The van der Waals surface area contributed by atoms with Gasteiger partial charge in [-0.05, 0) is 61.2 Å². The van der Waals surface area contributed by atoms with Gasteiger partial charge in [0.25, 0.3) is 0 Å². The first-order valence-electron chi connectivity index (χ1n) is 11.5. The molecule has 0 saturated carbocycles. The van der Waals surface area contributed by atoms with Gasteiger partial charge in [0, 0.05) is 36.7 Å². The molecule has 1 saturated heterocycles. The van der Waals surface area contributed by atoms with Crippen molar-refractivity contribution in [2.75, 3.05) is 20.2 Å².